The minimum absolute atomic E-state index is 0.00240. The van der Waals surface area contributed by atoms with E-state index in [0.29, 0.717) is 36.1 Å². The van der Waals surface area contributed by atoms with E-state index in [9.17, 15) is 18.0 Å². The van der Waals surface area contributed by atoms with Crippen molar-refractivity contribution in [3.63, 3.8) is 0 Å². The van der Waals surface area contributed by atoms with Gasteiger partial charge in [0.15, 0.2) is 22.7 Å². The van der Waals surface area contributed by atoms with Crippen LogP contribution in [0, 0.1) is 5.92 Å². The molecule has 1 aliphatic rings. The average Bonchev–Trinajstić information content (AvgIpc) is 2.93. The Hall–Kier alpha value is -2.98. The van der Waals surface area contributed by atoms with E-state index in [-0.39, 0.29) is 12.5 Å². The van der Waals surface area contributed by atoms with Gasteiger partial charge in [0.2, 0.25) is 0 Å². The highest BCUT2D eigenvalue weighted by Gasteiger charge is 2.34. The van der Waals surface area contributed by atoms with Crippen LogP contribution in [0.2, 0.25) is 0 Å². The molecule has 0 aromatic carbocycles. The van der Waals surface area contributed by atoms with Gasteiger partial charge in [-0.05, 0) is 6.07 Å². The third-order valence-electron chi connectivity index (χ3n) is 4.32. The van der Waals surface area contributed by atoms with Crippen LogP contribution in [-0.4, -0.2) is 42.4 Å². The van der Waals surface area contributed by atoms with Gasteiger partial charge in [0.1, 0.15) is 6.33 Å². The van der Waals surface area contributed by atoms with Crippen molar-refractivity contribution in [1.29, 1.82) is 0 Å². The molecule has 0 amide bonds. The maximum atomic E-state index is 12.8. The minimum atomic E-state index is -4.58. The summed E-state index contributed by atoms with van der Waals surface area (Å²) in [6, 6.07) is 1.60. The van der Waals surface area contributed by atoms with Gasteiger partial charge >= 0.3 is 6.18 Å². The lowest BCUT2D eigenvalue weighted by Gasteiger charge is -2.40. The molecule has 11 heteroatoms. The van der Waals surface area contributed by atoms with Crippen LogP contribution in [-0.2, 0) is 19.8 Å². The second-order valence-corrected chi connectivity index (χ2v) is 6.23. The summed E-state index contributed by atoms with van der Waals surface area (Å²) in [5.74, 6) is 0.675. The molecule has 1 fully saturated rings. The van der Waals surface area contributed by atoms with Gasteiger partial charge in [0.25, 0.3) is 5.56 Å². The maximum Gasteiger partial charge on any atom is 0.435 e. The fourth-order valence-corrected chi connectivity index (χ4v) is 3.00. The molecule has 8 nitrogen and oxygen atoms in total. The van der Waals surface area contributed by atoms with Gasteiger partial charge < -0.3 is 9.47 Å². The molecule has 136 valence electrons. The SMILES string of the molecule is Cn1cnc2c(N3CC(Cn4nc(C(F)(F)F)ccc4=O)C3)ncnc21. The topological polar surface area (TPSA) is 81.7 Å². The monoisotopic (exact) mass is 365 g/mol. The Morgan fingerprint density at radius 3 is 2.69 bits per heavy atom. The zero-order valence-corrected chi connectivity index (χ0v) is 13.7. The normalized spacial score (nSPS) is 15.5. The highest BCUT2D eigenvalue weighted by atomic mass is 19.4. The Labute approximate surface area is 144 Å². The first kappa shape index (κ1) is 16.5. The van der Waals surface area contributed by atoms with Crippen molar-refractivity contribution < 1.29 is 13.2 Å². The van der Waals surface area contributed by atoms with Gasteiger partial charge in [-0.1, -0.05) is 0 Å². The zero-order valence-electron chi connectivity index (χ0n) is 13.7. The molecule has 0 unspecified atom stereocenters. The molecule has 4 heterocycles. The number of nitrogens with zero attached hydrogens (tertiary/aromatic N) is 7. The van der Waals surface area contributed by atoms with E-state index in [1.54, 1.807) is 10.9 Å². The fraction of sp³-hybridized carbons (Fsp3) is 0.400. The quantitative estimate of drug-likeness (QED) is 0.691. The number of hydrogen-bond donors (Lipinski definition) is 0. The highest BCUT2D eigenvalue weighted by molar-refractivity contribution is 5.83. The fourth-order valence-electron chi connectivity index (χ4n) is 3.00. The largest absolute Gasteiger partial charge is 0.435 e. The summed E-state index contributed by atoms with van der Waals surface area (Å²) in [6.07, 6.45) is -1.48. The Morgan fingerprint density at radius 2 is 1.96 bits per heavy atom. The van der Waals surface area contributed by atoms with Crippen molar-refractivity contribution in [3.05, 3.63) is 40.8 Å². The van der Waals surface area contributed by atoms with E-state index in [1.807, 2.05) is 11.9 Å². The van der Waals surface area contributed by atoms with Crippen molar-refractivity contribution in [3.8, 4) is 0 Å². The van der Waals surface area contributed by atoms with Crippen molar-refractivity contribution in [1.82, 2.24) is 29.3 Å². The summed E-state index contributed by atoms with van der Waals surface area (Å²) >= 11 is 0. The molecule has 0 saturated carbocycles. The van der Waals surface area contributed by atoms with Crippen LogP contribution in [0.25, 0.3) is 11.2 Å². The average molecular weight is 365 g/mol. The molecule has 1 aliphatic heterocycles. The number of halogens is 3. The number of anilines is 1. The van der Waals surface area contributed by atoms with Gasteiger partial charge in [0.05, 0.1) is 12.9 Å². The van der Waals surface area contributed by atoms with Gasteiger partial charge in [-0.15, -0.1) is 0 Å². The lowest BCUT2D eigenvalue weighted by atomic mass is 10.0. The maximum absolute atomic E-state index is 12.8. The number of imidazole rings is 1. The number of aryl methyl sites for hydroxylation is 1. The van der Waals surface area contributed by atoms with E-state index in [4.69, 9.17) is 0 Å². The number of hydrogen-bond acceptors (Lipinski definition) is 6. The molecular weight excluding hydrogens is 351 g/mol. The first-order chi connectivity index (χ1) is 12.3. The lowest BCUT2D eigenvalue weighted by Crippen LogP contribution is -2.50. The third-order valence-corrected chi connectivity index (χ3v) is 4.32. The molecular formula is C15H14F3N7O. The molecule has 26 heavy (non-hydrogen) atoms. The second-order valence-electron chi connectivity index (χ2n) is 6.23. The standard InChI is InChI=1S/C15H14F3N7O/c1-23-8-21-12-13(23)19-7-20-14(12)24-4-9(5-24)6-25-11(26)3-2-10(22-25)15(16,17)18/h2-3,7-9H,4-6H2,1H3. The van der Waals surface area contributed by atoms with Crippen LogP contribution in [0.4, 0.5) is 19.0 Å². The number of fused-ring (bicyclic) bond motifs is 1. The Kier molecular flexibility index (Phi) is 3.67. The van der Waals surface area contributed by atoms with Crippen molar-refractivity contribution in [2.45, 2.75) is 12.7 Å². The van der Waals surface area contributed by atoms with E-state index in [2.05, 4.69) is 20.1 Å². The van der Waals surface area contributed by atoms with Crippen LogP contribution in [0.1, 0.15) is 5.69 Å². The third kappa shape index (κ3) is 2.78. The summed E-state index contributed by atoms with van der Waals surface area (Å²) in [4.78, 5) is 26.5. The summed E-state index contributed by atoms with van der Waals surface area (Å²) in [5.41, 5.74) is -0.248. The number of rotatable bonds is 3. The molecule has 0 spiro atoms. The van der Waals surface area contributed by atoms with Crippen LogP contribution < -0.4 is 10.5 Å². The van der Waals surface area contributed by atoms with E-state index < -0.39 is 17.4 Å². The molecule has 3 aromatic heterocycles. The lowest BCUT2D eigenvalue weighted by molar-refractivity contribution is -0.142. The number of aromatic nitrogens is 6. The van der Waals surface area contributed by atoms with Gasteiger partial charge in [0, 0.05) is 32.1 Å². The first-order valence-electron chi connectivity index (χ1n) is 7.85. The first-order valence-corrected chi connectivity index (χ1v) is 7.85. The summed E-state index contributed by atoms with van der Waals surface area (Å²) < 4.78 is 40.9. The van der Waals surface area contributed by atoms with E-state index in [1.165, 1.54) is 6.33 Å². The summed E-state index contributed by atoms with van der Waals surface area (Å²) in [7, 11) is 1.83. The smallest absolute Gasteiger partial charge is 0.354 e. The van der Waals surface area contributed by atoms with E-state index >= 15 is 0 Å². The Morgan fingerprint density at radius 1 is 1.19 bits per heavy atom. The van der Waals surface area contributed by atoms with Crippen molar-refractivity contribution in [2.75, 3.05) is 18.0 Å². The van der Waals surface area contributed by atoms with E-state index in [0.717, 1.165) is 10.7 Å². The van der Waals surface area contributed by atoms with Gasteiger partial charge in [-0.25, -0.2) is 19.6 Å². The predicted octanol–water partition coefficient (Wildman–Crippen LogP) is 1.08. The van der Waals surface area contributed by atoms with Gasteiger partial charge in [-0.3, -0.25) is 4.79 Å². The van der Waals surface area contributed by atoms with Crippen LogP contribution >= 0.6 is 0 Å². The molecule has 0 aliphatic carbocycles. The second kappa shape index (κ2) is 5.78. The van der Waals surface area contributed by atoms with Gasteiger partial charge in [-0.2, -0.15) is 18.3 Å². The predicted molar refractivity (Wildman–Crippen MR) is 85.5 cm³/mol. The zero-order chi connectivity index (χ0) is 18.5. The minimum Gasteiger partial charge on any atom is -0.354 e. The Balaban J connectivity index is 1.50. The molecule has 4 rings (SSSR count). The summed E-state index contributed by atoms with van der Waals surface area (Å²) in [5, 5.41) is 3.44. The van der Waals surface area contributed by atoms with Crippen LogP contribution in [0.15, 0.2) is 29.6 Å². The number of alkyl halides is 3. The molecule has 0 bridgehead atoms. The Bertz CT molecular complexity index is 1020. The highest BCUT2D eigenvalue weighted by Crippen LogP contribution is 2.29. The van der Waals surface area contributed by atoms with Crippen LogP contribution in [0.3, 0.4) is 0 Å². The molecule has 0 radical (unpaired) electrons. The van der Waals surface area contributed by atoms with Crippen molar-refractivity contribution >= 4 is 17.0 Å². The van der Waals surface area contributed by atoms with Crippen molar-refractivity contribution in [2.24, 2.45) is 13.0 Å². The molecule has 0 N–H and O–H groups in total. The molecule has 1 saturated heterocycles. The summed E-state index contributed by atoms with van der Waals surface area (Å²) in [6.45, 7) is 1.22. The molecule has 0 atom stereocenters. The van der Waals surface area contributed by atoms with Crippen LogP contribution in [0.5, 0.6) is 0 Å². The molecule has 3 aromatic rings.